The van der Waals surface area contributed by atoms with E-state index in [0.29, 0.717) is 22.1 Å². The molecule has 0 bridgehead atoms. The van der Waals surface area contributed by atoms with E-state index >= 15 is 0 Å². The van der Waals surface area contributed by atoms with Crippen molar-refractivity contribution in [2.24, 2.45) is 0 Å². The lowest BCUT2D eigenvalue weighted by Gasteiger charge is -2.34. The number of rotatable bonds is 4. The van der Waals surface area contributed by atoms with E-state index < -0.39 is 22.0 Å². The topological polar surface area (TPSA) is 75.7 Å². The molecule has 138 valence electrons. The number of amides is 1. The van der Waals surface area contributed by atoms with Crippen LogP contribution in [0.1, 0.15) is 12.5 Å². The van der Waals surface area contributed by atoms with Crippen molar-refractivity contribution < 1.29 is 17.9 Å². The van der Waals surface area contributed by atoms with Gasteiger partial charge in [0.25, 0.3) is 5.91 Å². The van der Waals surface area contributed by atoms with Gasteiger partial charge in [-0.1, -0.05) is 29.8 Å². The first-order valence-corrected chi connectivity index (χ1v) is 10.1. The summed E-state index contributed by atoms with van der Waals surface area (Å²) in [5.41, 5.74) is 1.85. The minimum atomic E-state index is -3.54. The number of anilines is 2. The summed E-state index contributed by atoms with van der Waals surface area (Å²) in [5, 5.41) is 3.27. The van der Waals surface area contributed by atoms with Crippen LogP contribution in [0.15, 0.2) is 42.5 Å². The second-order valence-electron chi connectivity index (χ2n) is 5.95. The van der Waals surface area contributed by atoms with Crippen molar-refractivity contribution in [1.29, 1.82) is 0 Å². The summed E-state index contributed by atoms with van der Waals surface area (Å²) >= 11 is 5.98. The number of nitrogens with one attached hydrogen (secondary N) is 1. The van der Waals surface area contributed by atoms with Crippen molar-refractivity contribution in [2.75, 3.05) is 21.9 Å². The van der Waals surface area contributed by atoms with Crippen molar-refractivity contribution in [2.45, 2.75) is 20.0 Å². The Morgan fingerprint density at radius 2 is 2.04 bits per heavy atom. The molecular formula is C18H19ClN2O4S. The molecule has 0 aromatic heterocycles. The van der Waals surface area contributed by atoms with Crippen LogP contribution in [0.25, 0.3) is 0 Å². The number of carbonyl (C=O) groups excluding carboxylic acids is 1. The molecule has 2 aromatic rings. The Kier molecular flexibility index (Phi) is 5.11. The zero-order valence-electron chi connectivity index (χ0n) is 14.4. The van der Waals surface area contributed by atoms with Crippen LogP contribution in [0.3, 0.4) is 0 Å². The van der Waals surface area contributed by atoms with Gasteiger partial charge in [-0.05, 0) is 43.7 Å². The molecule has 0 unspecified atom stereocenters. The van der Waals surface area contributed by atoms with E-state index in [0.717, 1.165) is 5.56 Å². The lowest BCUT2D eigenvalue weighted by atomic mass is 10.1. The quantitative estimate of drug-likeness (QED) is 0.863. The molecular weight excluding hydrogens is 376 g/mol. The minimum Gasteiger partial charge on any atom is -0.476 e. The van der Waals surface area contributed by atoms with Crippen LogP contribution in [-0.2, 0) is 14.8 Å². The van der Waals surface area contributed by atoms with Crippen LogP contribution in [0.2, 0.25) is 5.02 Å². The van der Waals surface area contributed by atoms with Crippen LogP contribution in [0.5, 0.6) is 5.75 Å². The minimum absolute atomic E-state index is 0.0664. The average molecular weight is 395 g/mol. The third-order valence-corrected chi connectivity index (χ3v) is 6.17. The summed E-state index contributed by atoms with van der Waals surface area (Å²) in [4.78, 5) is 12.7. The Hall–Kier alpha value is -2.25. The van der Waals surface area contributed by atoms with E-state index in [2.05, 4.69) is 5.32 Å². The fourth-order valence-electron chi connectivity index (χ4n) is 2.70. The Balaban J connectivity index is 1.90. The monoisotopic (exact) mass is 394 g/mol. The Labute approximate surface area is 157 Å². The smallest absolute Gasteiger partial charge is 0.267 e. The number of hydrogen-bond donors (Lipinski definition) is 1. The summed E-state index contributed by atoms with van der Waals surface area (Å²) in [6.07, 6.45) is -0.968. The highest BCUT2D eigenvalue weighted by atomic mass is 35.5. The number of halogens is 1. The molecule has 0 saturated heterocycles. The van der Waals surface area contributed by atoms with E-state index in [-0.39, 0.29) is 12.3 Å². The van der Waals surface area contributed by atoms with Crippen molar-refractivity contribution >= 4 is 38.9 Å². The number of sulfonamides is 1. The molecule has 1 aliphatic heterocycles. The number of carbonyl (C=O) groups is 1. The summed E-state index contributed by atoms with van der Waals surface area (Å²) in [5.74, 6) is -0.136. The molecule has 0 radical (unpaired) electrons. The molecule has 1 amide bonds. The summed E-state index contributed by atoms with van der Waals surface area (Å²) in [6.45, 7) is 3.33. The molecule has 0 fully saturated rings. The zero-order chi connectivity index (χ0) is 18.9. The molecule has 1 atom stereocenters. The van der Waals surface area contributed by atoms with Gasteiger partial charge in [0.2, 0.25) is 10.0 Å². The number of benzene rings is 2. The lowest BCUT2D eigenvalue weighted by Crippen LogP contribution is -2.49. The summed E-state index contributed by atoms with van der Waals surface area (Å²) in [6, 6.07) is 12.0. The molecule has 1 aliphatic rings. The van der Waals surface area contributed by atoms with Gasteiger partial charge >= 0.3 is 0 Å². The molecule has 26 heavy (non-hydrogen) atoms. The third kappa shape index (κ3) is 3.64. The van der Waals surface area contributed by atoms with Crippen molar-refractivity contribution in [3.05, 3.63) is 53.1 Å². The summed E-state index contributed by atoms with van der Waals surface area (Å²) < 4.78 is 31.9. The normalized spacial score (nSPS) is 16.6. The molecule has 3 rings (SSSR count). The highest BCUT2D eigenvalue weighted by Crippen LogP contribution is 2.35. The van der Waals surface area contributed by atoms with E-state index in [1.54, 1.807) is 49.4 Å². The molecule has 8 heteroatoms. The SMILES string of the molecule is CCS(=O)(=O)N1C[C@H](C(=O)Nc2cc(Cl)ccc2C)Oc2ccccc21. The molecule has 0 aliphatic carbocycles. The van der Waals surface area contributed by atoms with Gasteiger partial charge in [0.05, 0.1) is 18.0 Å². The van der Waals surface area contributed by atoms with Crippen LogP contribution in [0, 0.1) is 6.92 Å². The predicted octanol–water partition coefficient (Wildman–Crippen LogP) is 3.20. The Morgan fingerprint density at radius 1 is 1.31 bits per heavy atom. The predicted molar refractivity (Wildman–Crippen MR) is 102 cm³/mol. The van der Waals surface area contributed by atoms with Gasteiger partial charge in [0.1, 0.15) is 5.75 Å². The molecule has 1 N–H and O–H groups in total. The highest BCUT2D eigenvalue weighted by Gasteiger charge is 2.36. The molecule has 0 saturated carbocycles. The first kappa shape index (κ1) is 18.5. The van der Waals surface area contributed by atoms with Crippen LogP contribution in [-0.4, -0.2) is 32.7 Å². The van der Waals surface area contributed by atoms with Crippen LogP contribution in [0.4, 0.5) is 11.4 Å². The molecule has 1 heterocycles. The second kappa shape index (κ2) is 7.17. The van der Waals surface area contributed by atoms with Gasteiger partial charge in [-0.15, -0.1) is 0 Å². The second-order valence-corrected chi connectivity index (χ2v) is 8.57. The average Bonchev–Trinajstić information content (AvgIpc) is 2.63. The van der Waals surface area contributed by atoms with Gasteiger partial charge < -0.3 is 10.1 Å². The number of aryl methyl sites for hydroxylation is 1. The van der Waals surface area contributed by atoms with E-state index in [1.165, 1.54) is 4.31 Å². The molecule has 2 aromatic carbocycles. The zero-order valence-corrected chi connectivity index (χ0v) is 16.0. The maximum absolute atomic E-state index is 12.7. The fourth-order valence-corrected chi connectivity index (χ4v) is 4.00. The lowest BCUT2D eigenvalue weighted by molar-refractivity contribution is -0.122. The standard InChI is InChI=1S/C18H19ClN2O4S/c1-3-26(23,24)21-11-17(25-16-7-5-4-6-15(16)21)18(22)20-14-10-13(19)9-8-12(14)2/h4-10,17H,3,11H2,1-2H3,(H,20,22)/t17-/m1/s1. The number of nitrogens with zero attached hydrogens (tertiary/aromatic N) is 1. The number of fused-ring (bicyclic) bond motifs is 1. The van der Waals surface area contributed by atoms with Gasteiger partial charge in [0.15, 0.2) is 6.10 Å². The molecule has 6 nitrogen and oxygen atoms in total. The Bertz CT molecular complexity index is 946. The van der Waals surface area contributed by atoms with E-state index in [4.69, 9.17) is 16.3 Å². The fraction of sp³-hybridized carbons (Fsp3) is 0.278. The van der Waals surface area contributed by atoms with Gasteiger partial charge in [0, 0.05) is 10.7 Å². The maximum Gasteiger partial charge on any atom is 0.267 e. The summed E-state index contributed by atoms with van der Waals surface area (Å²) in [7, 11) is -3.54. The molecule has 0 spiro atoms. The Morgan fingerprint density at radius 3 is 2.77 bits per heavy atom. The highest BCUT2D eigenvalue weighted by molar-refractivity contribution is 7.92. The van der Waals surface area contributed by atoms with Crippen LogP contribution < -0.4 is 14.4 Å². The maximum atomic E-state index is 12.7. The van der Waals surface area contributed by atoms with Gasteiger partial charge in [-0.25, -0.2) is 8.42 Å². The van der Waals surface area contributed by atoms with Crippen molar-refractivity contribution in [3.8, 4) is 5.75 Å². The number of para-hydroxylation sites is 2. The van der Waals surface area contributed by atoms with Crippen LogP contribution >= 0.6 is 11.6 Å². The van der Waals surface area contributed by atoms with Crippen molar-refractivity contribution in [1.82, 2.24) is 0 Å². The van der Waals surface area contributed by atoms with E-state index in [9.17, 15) is 13.2 Å². The number of ether oxygens (including phenoxy) is 1. The number of hydrogen-bond acceptors (Lipinski definition) is 4. The first-order valence-electron chi connectivity index (χ1n) is 8.15. The van der Waals surface area contributed by atoms with Gasteiger partial charge in [-0.3, -0.25) is 9.10 Å². The van der Waals surface area contributed by atoms with Gasteiger partial charge in [-0.2, -0.15) is 0 Å². The van der Waals surface area contributed by atoms with E-state index in [1.807, 2.05) is 6.92 Å². The van der Waals surface area contributed by atoms with Crippen molar-refractivity contribution in [3.63, 3.8) is 0 Å². The first-order chi connectivity index (χ1) is 12.3. The third-order valence-electron chi connectivity index (χ3n) is 4.19. The largest absolute Gasteiger partial charge is 0.476 e.